The second kappa shape index (κ2) is 5.24. The van der Waals surface area contributed by atoms with Crippen molar-refractivity contribution in [1.82, 2.24) is 0 Å². The molecule has 8 atom stereocenters. The standard InChI is InChI=1S/C21H32O5/c1-13-10-14-16-18(2,17(22)25-14)6-5-7-19(16,3)21(13)9-8-20(26-21)11-15(23-4)24-12-20/h13-16H,5-12H2,1-4H3/t13-,14-,15-,16+,18+,19-,20+,21-/m1/s1. The predicted octanol–water partition coefficient (Wildman–Crippen LogP) is 3.45. The van der Waals surface area contributed by atoms with Crippen LogP contribution in [0, 0.1) is 22.7 Å². The van der Waals surface area contributed by atoms with Gasteiger partial charge in [-0.3, -0.25) is 4.79 Å². The molecule has 0 radical (unpaired) electrons. The number of carbonyl (C=O) groups excluding carboxylic acids is 1. The summed E-state index contributed by atoms with van der Waals surface area (Å²) in [6.07, 6.45) is 6.87. The van der Waals surface area contributed by atoms with Crippen LogP contribution in [0.3, 0.4) is 0 Å². The lowest BCUT2D eigenvalue weighted by atomic mass is 9.44. The molecule has 5 aliphatic rings. The minimum atomic E-state index is -0.342. The largest absolute Gasteiger partial charge is 0.462 e. The van der Waals surface area contributed by atoms with Gasteiger partial charge in [0, 0.05) is 24.9 Å². The normalized spacial score (nSPS) is 58.4. The fourth-order valence-electron chi connectivity index (χ4n) is 7.70. The van der Waals surface area contributed by atoms with Crippen molar-refractivity contribution in [3.05, 3.63) is 0 Å². The average molecular weight is 364 g/mol. The Morgan fingerprint density at radius 2 is 1.96 bits per heavy atom. The number of fused-ring (bicyclic) bond motifs is 1. The van der Waals surface area contributed by atoms with Gasteiger partial charge in [-0.05, 0) is 44.9 Å². The Bertz CT molecular complexity index is 636. The lowest BCUT2D eigenvalue weighted by molar-refractivity contribution is -0.251. The van der Waals surface area contributed by atoms with E-state index in [9.17, 15) is 4.79 Å². The molecular formula is C21H32O5. The average Bonchev–Trinajstić information content (AvgIpc) is 3.25. The van der Waals surface area contributed by atoms with Gasteiger partial charge in [0.1, 0.15) is 6.10 Å². The van der Waals surface area contributed by atoms with Gasteiger partial charge < -0.3 is 18.9 Å². The molecule has 0 N–H and O–H groups in total. The molecule has 0 aromatic rings. The molecule has 2 aliphatic carbocycles. The molecule has 0 aromatic carbocycles. The first-order chi connectivity index (χ1) is 12.3. The maximum Gasteiger partial charge on any atom is 0.312 e. The molecule has 0 unspecified atom stereocenters. The van der Waals surface area contributed by atoms with Gasteiger partial charge in [-0.1, -0.05) is 20.3 Å². The highest BCUT2D eigenvalue weighted by molar-refractivity contribution is 5.80. The van der Waals surface area contributed by atoms with Gasteiger partial charge in [-0.2, -0.15) is 0 Å². The molecule has 0 aromatic heterocycles. The van der Waals surface area contributed by atoms with E-state index in [2.05, 4.69) is 20.8 Å². The summed E-state index contributed by atoms with van der Waals surface area (Å²) in [5.74, 6) is 0.671. The lowest BCUT2D eigenvalue weighted by Gasteiger charge is -2.62. The van der Waals surface area contributed by atoms with Crippen LogP contribution in [0.15, 0.2) is 0 Å². The third kappa shape index (κ3) is 1.90. The second-order valence-corrected chi connectivity index (χ2v) is 10.1. The van der Waals surface area contributed by atoms with Gasteiger partial charge in [-0.15, -0.1) is 0 Å². The Labute approximate surface area is 156 Å². The first-order valence-corrected chi connectivity index (χ1v) is 10.3. The Balaban J connectivity index is 1.55. The number of methoxy groups -OCH3 is 1. The third-order valence-corrected chi connectivity index (χ3v) is 8.89. The van der Waals surface area contributed by atoms with E-state index in [0.717, 1.165) is 44.9 Å². The molecule has 5 nitrogen and oxygen atoms in total. The number of rotatable bonds is 1. The van der Waals surface area contributed by atoms with Crippen LogP contribution in [0.5, 0.6) is 0 Å². The molecule has 5 rings (SSSR count). The van der Waals surface area contributed by atoms with Crippen molar-refractivity contribution >= 4 is 5.97 Å². The van der Waals surface area contributed by atoms with Crippen molar-refractivity contribution in [2.24, 2.45) is 22.7 Å². The number of hydrogen-bond acceptors (Lipinski definition) is 5. The summed E-state index contributed by atoms with van der Waals surface area (Å²) >= 11 is 0. The highest BCUT2D eigenvalue weighted by Gasteiger charge is 2.74. The molecular weight excluding hydrogens is 332 g/mol. The molecule has 2 spiro atoms. The van der Waals surface area contributed by atoms with E-state index >= 15 is 0 Å². The van der Waals surface area contributed by atoms with Crippen molar-refractivity contribution in [1.29, 1.82) is 0 Å². The number of ether oxygens (including phenoxy) is 4. The molecule has 3 aliphatic heterocycles. The molecule has 0 amide bonds. The van der Waals surface area contributed by atoms with Crippen LogP contribution >= 0.6 is 0 Å². The van der Waals surface area contributed by atoms with Crippen LogP contribution in [-0.4, -0.2) is 43.3 Å². The summed E-state index contributed by atoms with van der Waals surface area (Å²) < 4.78 is 24.3. The highest BCUT2D eigenvalue weighted by atomic mass is 16.7. The van der Waals surface area contributed by atoms with E-state index in [1.54, 1.807) is 7.11 Å². The smallest absolute Gasteiger partial charge is 0.312 e. The quantitative estimate of drug-likeness (QED) is 0.667. The van der Waals surface area contributed by atoms with Gasteiger partial charge in [-0.25, -0.2) is 0 Å². The van der Waals surface area contributed by atoms with Crippen LogP contribution in [0.4, 0.5) is 0 Å². The monoisotopic (exact) mass is 364 g/mol. The van der Waals surface area contributed by atoms with Crippen LogP contribution in [0.2, 0.25) is 0 Å². The summed E-state index contributed by atoms with van der Waals surface area (Å²) in [6.45, 7) is 7.47. The van der Waals surface area contributed by atoms with Gasteiger partial charge in [0.25, 0.3) is 0 Å². The van der Waals surface area contributed by atoms with Gasteiger partial charge in [0.2, 0.25) is 0 Å². The van der Waals surface area contributed by atoms with Crippen LogP contribution in [0.1, 0.15) is 65.7 Å². The first-order valence-electron chi connectivity index (χ1n) is 10.3. The third-order valence-electron chi connectivity index (χ3n) is 8.89. The zero-order valence-electron chi connectivity index (χ0n) is 16.5. The minimum absolute atomic E-state index is 0.0247. The molecule has 3 heterocycles. The van der Waals surface area contributed by atoms with Gasteiger partial charge in [0.05, 0.1) is 23.2 Å². The first kappa shape index (κ1) is 17.4. The zero-order chi connectivity index (χ0) is 18.4. The summed E-state index contributed by atoms with van der Waals surface area (Å²) in [5, 5.41) is 0. The van der Waals surface area contributed by atoms with Crippen LogP contribution in [0.25, 0.3) is 0 Å². The Morgan fingerprint density at radius 1 is 1.15 bits per heavy atom. The van der Waals surface area contributed by atoms with Crippen molar-refractivity contribution < 1.29 is 23.7 Å². The fourth-order valence-corrected chi connectivity index (χ4v) is 7.70. The lowest BCUT2D eigenvalue weighted by Crippen LogP contribution is -2.65. The highest BCUT2D eigenvalue weighted by Crippen LogP contribution is 2.70. The van der Waals surface area contributed by atoms with Crippen molar-refractivity contribution in [3.8, 4) is 0 Å². The van der Waals surface area contributed by atoms with E-state index in [4.69, 9.17) is 18.9 Å². The predicted molar refractivity (Wildman–Crippen MR) is 94.4 cm³/mol. The zero-order valence-corrected chi connectivity index (χ0v) is 16.5. The fraction of sp³-hybridized carbons (Fsp3) is 0.952. The number of esters is 1. The molecule has 3 saturated heterocycles. The Kier molecular flexibility index (Phi) is 3.51. The maximum absolute atomic E-state index is 12.8. The number of carbonyl (C=O) groups is 1. The van der Waals surface area contributed by atoms with Crippen molar-refractivity contribution in [2.45, 2.75) is 89.3 Å². The minimum Gasteiger partial charge on any atom is -0.462 e. The number of hydrogen-bond donors (Lipinski definition) is 0. The summed E-state index contributed by atoms with van der Waals surface area (Å²) in [7, 11) is 1.71. The van der Waals surface area contributed by atoms with Crippen molar-refractivity contribution in [2.75, 3.05) is 13.7 Å². The van der Waals surface area contributed by atoms with E-state index < -0.39 is 0 Å². The molecule has 2 saturated carbocycles. The van der Waals surface area contributed by atoms with Crippen LogP contribution < -0.4 is 0 Å². The topological polar surface area (TPSA) is 54.0 Å². The molecule has 0 bridgehead atoms. The molecule has 26 heavy (non-hydrogen) atoms. The Morgan fingerprint density at radius 3 is 2.69 bits per heavy atom. The Hall–Kier alpha value is -0.650. The molecule has 5 fully saturated rings. The summed E-state index contributed by atoms with van der Waals surface area (Å²) in [5.41, 5.74) is -0.772. The molecule has 146 valence electrons. The maximum atomic E-state index is 12.8. The second-order valence-electron chi connectivity index (χ2n) is 10.1. The van der Waals surface area contributed by atoms with E-state index in [-0.39, 0.29) is 46.3 Å². The van der Waals surface area contributed by atoms with E-state index in [1.165, 1.54) is 0 Å². The molecule has 5 heteroatoms. The van der Waals surface area contributed by atoms with E-state index in [1.807, 2.05) is 0 Å². The SMILES string of the molecule is CO[C@H]1C[C@@]2(CC[C@@]3(O2)[C@H](C)C[C@H]2OC(=O)[C@@]4(C)CCC[C@]3(C)[C@@H]24)CO1. The van der Waals surface area contributed by atoms with Gasteiger partial charge >= 0.3 is 5.97 Å². The summed E-state index contributed by atoms with van der Waals surface area (Å²) in [6, 6.07) is 0. The van der Waals surface area contributed by atoms with Gasteiger partial charge in [0.15, 0.2) is 6.29 Å². The van der Waals surface area contributed by atoms with Crippen LogP contribution in [-0.2, 0) is 23.7 Å². The van der Waals surface area contributed by atoms with Crippen molar-refractivity contribution in [3.63, 3.8) is 0 Å². The van der Waals surface area contributed by atoms with E-state index in [0.29, 0.717) is 12.5 Å². The summed E-state index contributed by atoms with van der Waals surface area (Å²) in [4.78, 5) is 12.8.